The first-order valence-electron chi connectivity index (χ1n) is 4.68. The van der Waals surface area contributed by atoms with Crippen molar-refractivity contribution in [2.24, 2.45) is 5.73 Å². The van der Waals surface area contributed by atoms with E-state index in [9.17, 15) is 17.6 Å². The molecule has 7 heteroatoms. The zero-order chi connectivity index (χ0) is 13.2. The van der Waals surface area contributed by atoms with Gasteiger partial charge in [0.15, 0.2) is 0 Å². The van der Waals surface area contributed by atoms with Gasteiger partial charge >= 0.3 is 6.18 Å². The number of alkyl halides is 3. The number of rotatable bonds is 3. The van der Waals surface area contributed by atoms with Crippen LogP contribution in [0, 0.1) is 5.82 Å². The lowest BCUT2D eigenvalue weighted by Gasteiger charge is -2.15. The molecule has 1 aromatic carbocycles. The second kappa shape index (κ2) is 5.54. The lowest BCUT2D eigenvalue weighted by molar-refractivity contribution is -0.136. The van der Waals surface area contributed by atoms with Gasteiger partial charge in [0, 0.05) is 22.5 Å². The molecule has 0 saturated carbocycles. The summed E-state index contributed by atoms with van der Waals surface area (Å²) in [6, 6.07) is 1.75. The van der Waals surface area contributed by atoms with Gasteiger partial charge in [-0.2, -0.15) is 13.2 Å². The highest BCUT2D eigenvalue weighted by Crippen LogP contribution is 2.32. The van der Waals surface area contributed by atoms with Gasteiger partial charge in [-0.25, -0.2) is 4.39 Å². The molecule has 0 aliphatic carbocycles. The van der Waals surface area contributed by atoms with Gasteiger partial charge in [0.1, 0.15) is 5.82 Å². The van der Waals surface area contributed by atoms with Gasteiger partial charge in [-0.15, -0.1) is 0 Å². The summed E-state index contributed by atoms with van der Waals surface area (Å²) < 4.78 is 49.9. The van der Waals surface area contributed by atoms with E-state index in [1.54, 1.807) is 0 Å². The Labute approximate surface area is 109 Å². The molecule has 1 unspecified atom stereocenters. The smallest absolute Gasteiger partial charge is 0.324 e. The van der Waals surface area contributed by atoms with E-state index >= 15 is 0 Å². The quantitative estimate of drug-likeness (QED) is 0.635. The van der Waals surface area contributed by atoms with Crippen molar-refractivity contribution in [1.29, 1.82) is 0 Å². The van der Waals surface area contributed by atoms with Crippen molar-refractivity contribution in [3.63, 3.8) is 0 Å². The van der Waals surface area contributed by atoms with Gasteiger partial charge in [0.2, 0.25) is 0 Å². The average molecular weight is 335 g/mol. The Morgan fingerprint density at radius 2 is 1.94 bits per heavy atom. The molecule has 0 aliphatic rings. The van der Waals surface area contributed by atoms with E-state index in [-0.39, 0.29) is 17.0 Å². The van der Waals surface area contributed by atoms with Gasteiger partial charge in [0.05, 0.1) is 5.02 Å². The summed E-state index contributed by atoms with van der Waals surface area (Å²) in [5, 5.41) is -0.176. The highest BCUT2D eigenvalue weighted by atomic mass is 79.9. The van der Waals surface area contributed by atoms with Crippen LogP contribution in [0.5, 0.6) is 0 Å². The minimum atomic E-state index is -4.30. The Kier molecular flexibility index (Phi) is 4.80. The summed E-state index contributed by atoms with van der Waals surface area (Å²) in [5.41, 5.74) is 5.50. The third-order valence-corrected chi connectivity index (χ3v) is 3.46. The minimum absolute atomic E-state index is 0.0116. The largest absolute Gasteiger partial charge is 0.389 e. The van der Waals surface area contributed by atoms with Crippen LogP contribution in [-0.2, 0) is 0 Å². The van der Waals surface area contributed by atoms with Crippen LogP contribution in [0.2, 0.25) is 5.02 Å². The van der Waals surface area contributed by atoms with E-state index in [2.05, 4.69) is 15.9 Å². The molecule has 0 bridgehead atoms. The van der Waals surface area contributed by atoms with Crippen molar-refractivity contribution in [2.75, 3.05) is 0 Å². The number of halogens is 6. The molecule has 0 spiro atoms. The molecule has 17 heavy (non-hydrogen) atoms. The highest BCUT2D eigenvalue weighted by molar-refractivity contribution is 9.10. The number of hydrogen-bond acceptors (Lipinski definition) is 1. The molecule has 1 nitrogen and oxygen atoms in total. The standard InChI is InChI=1S/C10H9BrClF4N/c11-6-2-1-5(9(13)8(6)12)7(17)3-4-10(14,15)16/h1-2,7H,3-4,17H2. The molecule has 96 valence electrons. The lowest BCUT2D eigenvalue weighted by atomic mass is 10.0. The first kappa shape index (κ1) is 14.7. The van der Waals surface area contributed by atoms with Crippen molar-refractivity contribution in [2.45, 2.75) is 25.1 Å². The van der Waals surface area contributed by atoms with Crippen molar-refractivity contribution in [1.82, 2.24) is 0 Å². The van der Waals surface area contributed by atoms with Crippen LogP contribution in [0.4, 0.5) is 17.6 Å². The van der Waals surface area contributed by atoms with E-state index < -0.39 is 24.5 Å². The summed E-state index contributed by atoms with van der Waals surface area (Å²) in [4.78, 5) is 0. The van der Waals surface area contributed by atoms with Crippen molar-refractivity contribution < 1.29 is 17.6 Å². The zero-order valence-electron chi connectivity index (χ0n) is 8.49. The van der Waals surface area contributed by atoms with E-state index in [0.717, 1.165) is 0 Å². The number of hydrogen-bond donors (Lipinski definition) is 1. The lowest BCUT2D eigenvalue weighted by Crippen LogP contribution is -2.17. The predicted molar refractivity (Wildman–Crippen MR) is 61.3 cm³/mol. The Balaban J connectivity index is 2.83. The third kappa shape index (κ3) is 4.12. The topological polar surface area (TPSA) is 26.0 Å². The molecule has 1 rings (SSSR count). The summed E-state index contributed by atoms with van der Waals surface area (Å²) in [6.45, 7) is 0. The predicted octanol–water partition coefficient (Wildman–Crippen LogP) is 4.58. The maximum absolute atomic E-state index is 13.6. The van der Waals surface area contributed by atoms with Crippen LogP contribution in [0.3, 0.4) is 0 Å². The summed E-state index contributed by atoms with van der Waals surface area (Å²) in [7, 11) is 0. The zero-order valence-corrected chi connectivity index (χ0v) is 10.8. The molecular weight excluding hydrogens is 325 g/mol. The van der Waals surface area contributed by atoms with Crippen molar-refractivity contribution in [3.8, 4) is 0 Å². The Bertz CT molecular complexity index is 408. The number of benzene rings is 1. The van der Waals surface area contributed by atoms with E-state index in [1.807, 2.05) is 0 Å². The fourth-order valence-corrected chi connectivity index (χ4v) is 1.78. The fourth-order valence-electron chi connectivity index (χ4n) is 1.30. The molecule has 0 aromatic heterocycles. The monoisotopic (exact) mass is 333 g/mol. The maximum Gasteiger partial charge on any atom is 0.389 e. The summed E-state index contributed by atoms with van der Waals surface area (Å²) in [5.74, 6) is -0.782. The molecule has 0 saturated heterocycles. The van der Waals surface area contributed by atoms with Crippen molar-refractivity contribution >= 4 is 27.5 Å². The van der Waals surface area contributed by atoms with Gasteiger partial charge in [-0.1, -0.05) is 17.7 Å². The molecule has 0 heterocycles. The first-order valence-corrected chi connectivity index (χ1v) is 5.85. The molecule has 1 atom stereocenters. The van der Waals surface area contributed by atoms with E-state index in [4.69, 9.17) is 17.3 Å². The maximum atomic E-state index is 13.6. The number of nitrogens with two attached hydrogens (primary N) is 1. The van der Waals surface area contributed by atoms with Gasteiger partial charge < -0.3 is 5.73 Å². The molecule has 0 amide bonds. The summed E-state index contributed by atoms with van der Waals surface area (Å²) in [6.07, 6.45) is -5.73. The Hall–Kier alpha value is -0.330. The van der Waals surface area contributed by atoms with Crippen LogP contribution in [0.15, 0.2) is 16.6 Å². The van der Waals surface area contributed by atoms with Crippen molar-refractivity contribution in [3.05, 3.63) is 33.0 Å². The van der Waals surface area contributed by atoms with Gasteiger partial charge in [0.25, 0.3) is 0 Å². The average Bonchev–Trinajstić information content (AvgIpc) is 2.22. The fraction of sp³-hybridized carbons (Fsp3) is 0.400. The van der Waals surface area contributed by atoms with Crippen LogP contribution in [0.25, 0.3) is 0 Å². The molecule has 2 N–H and O–H groups in total. The SMILES string of the molecule is NC(CCC(F)(F)F)c1ccc(Br)c(Cl)c1F. The van der Waals surface area contributed by atoms with Gasteiger partial charge in [-0.05, 0) is 28.4 Å². The Morgan fingerprint density at radius 3 is 2.47 bits per heavy atom. The Morgan fingerprint density at radius 1 is 1.35 bits per heavy atom. The molecular formula is C10H9BrClF4N. The minimum Gasteiger partial charge on any atom is -0.324 e. The molecule has 0 fully saturated rings. The van der Waals surface area contributed by atoms with E-state index in [1.165, 1.54) is 12.1 Å². The third-order valence-electron chi connectivity index (χ3n) is 2.20. The second-order valence-corrected chi connectivity index (χ2v) is 4.76. The van der Waals surface area contributed by atoms with Crippen LogP contribution in [-0.4, -0.2) is 6.18 Å². The van der Waals surface area contributed by atoms with Crippen LogP contribution >= 0.6 is 27.5 Å². The van der Waals surface area contributed by atoms with Crippen LogP contribution < -0.4 is 5.73 Å². The van der Waals surface area contributed by atoms with Crippen LogP contribution in [0.1, 0.15) is 24.4 Å². The first-order chi connectivity index (χ1) is 7.72. The van der Waals surface area contributed by atoms with Gasteiger partial charge in [-0.3, -0.25) is 0 Å². The molecule has 0 radical (unpaired) electrons. The normalized spacial score (nSPS) is 13.8. The molecule has 1 aromatic rings. The highest BCUT2D eigenvalue weighted by Gasteiger charge is 2.28. The summed E-state index contributed by atoms with van der Waals surface area (Å²) >= 11 is 8.62. The molecule has 0 aliphatic heterocycles. The second-order valence-electron chi connectivity index (χ2n) is 3.52. The van der Waals surface area contributed by atoms with E-state index in [0.29, 0.717) is 4.47 Å².